The van der Waals surface area contributed by atoms with Gasteiger partial charge < -0.3 is 15.4 Å². The zero-order chi connectivity index (χ0) is 19.5. The van der Waals surface area contributed by atoms with Gasteiger partial charge in [0.25, 0.3) is 11.8 Å². The number of hydrogen-bond acceptors (Lipinski definition) is 5. The molecule has 7 heteroatoms. The van der Waals surface area contributed by atoms with Gasteiger partial charge in [-0.25, -0.2) is 0 Å². The molecule has 0 radical (unpaired) electrons. The highest BCUT2D eigenvalue weighted by Gasteiger charge is 2.18. The van der Waals surface area contributed by atoms with Crippen molar-refractivity contribution in [1.29, 1.82) is 0 Å². The van der Waals surface area contributed by atoms with E-state index in [4.69, 9.17) is 4.74 Å². The molecule has 3 aromatic rings. The fourth-order valence-corrected chi connectivity index (χ4v) is 4.02. The molecule has 0 bridgehead atoms. The lowest BCUT2D eigenvalue weighted by atomic mass is 10.1. The Morgan fingerprint density at radius 1 is 1.21 bits per heavy atom. The third-order valence-electron chi connectivity index (χ3n) is 4.85. The van der Waals surface area contributed by atoms with E-state index in [1.54, 1.807) is 12.1 Å². The third-order valence-corrected chi connectivity index (χ3v) is 5.68. The number of aromatic nitrogens is 1. The number of ether oxygens (including phenoxy) is 1. The van der Waals surface area contributed by atoms with Crippen LogP contribution in [0.25, 0.3) is 10.1 Å². The van der Waals surface area contributed by atoms with E-state index in [0.717, 1.165) is 35.1 Å². The lowest BCUT2D eigenvalue weighted by Crippen LogP contribution is -2.31. The summed E-state index contributed by atoms with van der Waals surface area (Å²) < 4.78 is 10.8. The normalized spacial score (nSPS) is 16.2. The molecule has 2 amide bonds. The predicted molar refractivity (Wildman–Crippen MR) is 110 cm³/mol. The second kappa shape index (κ2) is 8.08. The van der Waals surface area contributed by atoms with Gasteiger partial charge >= 0.3 is 0 Å². The number of fused-ring (bicyclic) bond motifs is 1. The van der Waals surface area contributed by atoms with Gasteiger partial charge in [-0.15, -0.1) is 0 Å². The van der Waals surface area contributed by atoms with Crippen LogP contribution in [-0.4, -0.2) is 35.4 Å². The summed E-state index contributed by atoms with van der Waals surface area (Å²) in [5.74, 6) is -0.456. The van der Waals surface area contributed by atoms with Crippen molar-refractivity contribution in [3.8, 4) is 0 Å². The van der Waals surface area contributed by atoms with Gasteiger partial charge in [0.05, 0.1) is 10.8 Å². The molecule has 1 aliphatic rings. The van der Waals surface area contributed by atoms with E-state index in [9.17, 15) is 9.59 Å². The van der Waals surface area contributed by atoms with Gasteiger partial charge in [-0.05, 0) is 55.1 Å². The molecule has 6 nitrogen and oxygen atoms in total. The average molecular weight is 395 g/mol. The Bertz CT molecular complexity index is 1020. The van der Waals surface area contributed by atoms with Crippen molar-refractivity contribution in [2.24, 2.45) is 0 Å². The van der Waals surface area contributed by atoms with Crippen LogP contribution in [0.5, 0.6) is 0 Å². The molecule has 1 saturated heterocycles. The average Bonchev–Trinajstić information content (AvgIpc) is 3.37. The van der Waals surface area contributed by atoms with E-state index in [1.165, 1.54) is 11.5 Å². The van der Waals surface area contributed by atoms with Crippen molar-refractivity contribution in [3.63, 3.8) is 0 Å². The minimum atomic E-state index is -0.280. The number of benzene rings is 2. The van der Waals surface area contributed by atoms with Crippen LogP contribution in [0.4, 0.5) is 5.69 Å². The second-order valence-electron chi connectivity index (χ2n) is 6.86. The van der Waals surface area contributed by atoms with Gasteiger partial charge in [0.1, 0.15) is 5.69 Å². The topological polar surface area (TPSA) is 80.3 Å². The maximum Gasteiger partial charge on any atom is 0.276 e. The van der Waals surface area contributed by atoms with Crippen LogP contribution in [0.3, 0.4) is 0 Å². The number of amides is 2. The molecule has 2 N–H and O–H groups in total. The molecule has 0 spiro atoms. The first kappa shape index (κ1) is 18.6. The predicted octanol–water partition coefficient (Wildman–Crippen LogP) is 3.77. The molecule has 1 aromatic heterocycles. The van der Waals surface area contributed by atoms with Gasteiger partial charge in [0.2, 0.25) is 0 Å². The van der Waals surface area contributed by atoms with Crippen LogP contribution in [0.2, 0.25) is 0 Å². The zero-order valence-corrected chi connectivity index (χ0v) is 16.3. The highest BCUT2D eigenvalue weighted by atomic mass is 32.1. The van der Waals surface area contributed by atoms with Crippen LogP contribution < -0.4 is 10.6 Å². The summed E-state index contributed by atoms with van der Waals surface area (Å²) >= 11 is 1.30. The number of carbonyl (C=O) groups excluding carboxylic acids is 2. The number of carbonyl (C=O) groups is 2. The number of nitrogens with one attached hydrogen (secondary N) is 2. The summed E-state index contributed by atoms with van der Waals surface area (Å²) in [6.07, 6.45) is 2.09. The first-order valence-electron chi connectivity index (χ1n) is 9.28. The second-order valence-corrected chi connectivity index (χ2v) is 7.66. The summed E-state index contributed by atoms with van der Waals surface area (Å²) in [5, 5.41) is 6.63. The van der Waals surface area contributed by atoms with E-state index in [-0.39, 0.29) is 17.9 Å². The Hall–Kier alpha value is -2.77. The molecule has 2 heterocycles. The van der Waals surface area contributed by atoms with Gasteiger partial charge in [-0.2, -0.15) is 4.37 Å². The molecule has 4 rings (SSSR count). The molecule has 0 saturated carbocycles. The molecule has 2 aromatic carbocycles. The number of anilines is 1. The lowest BCUT2D eigenvalue weighted by Gasteiger charge is -2.13. The molecule has 1 atom stereocenters. The molecular weight excluding hydrogens is 374 g/mol. The van der Waals surface area contributed by atoms with Crippen molar-refractivity contribution in [1.82, 2.24) is 9.69 Å². The third kappa shape index (κ3) is 3.90. The van der Waals surface area contributed by atoms with Gasteiger partial charge in [-0.1, -0.05) is 24.3 Å². The number of nitrogens with zero attached hydrogens (tertiary/aromatic N) is 1. The maximum absolute atomic E-state index is 12.7. The van der Waals surface area contributed by atoms with Crippen molar-refractivity contribution in [2.45, 2.75) is 25.9 Å². The van der Waals surface area contributed by atoms with Crippen LogP contribution >= 0.6 is 11.5 Å². The molecule has 0 aliphatic carbocycles. The van der Waals surface area contributed by atoms with Crippen LogP contribution in [0.1, 0.15) is 39.3 Å². The highest BCUT2D eigenvalue weighted by molar-refractivity contribution is 7.13. The van der Waals surface area contributed by atoms with E-state index in [1.807, 2.05) is 37.3 Å². The molecule has 0 unspecified atom stereocenters. The van der Waals surface area contributed by atoms with E-state index < -0.39 is 0 Å². The minimum Gasteiger partial charge on any atom is -0.376 e. The number of aryl methyl sites for hydroxylation is 1. The van der Waals surface area contributed by atoms with Crippen molar-refractivity contribution >= 4 is 39.1 Å². The van der Waals surface area contributed by atoms with Crippen molar-refractivity contribution < 1.29 is 14.3 Å². The standard InChI is InChI=1S/C21H21N3O3S/c1-13-8-9-14(20(25)22-12-15-5-4-10-27-15)11-17(13)23-21(26)19-16-6-2-3-7-18(16)28-24-19/h2-3,6-9,11,15H,4-5,10,12H2,1H3,(H,22,25)(H,23,26)/t15-/m0/s1. The van der Waals surface area contributed by atoms with Gasteiger partial charge in [-0.3, -0.25) is 9.59 Å². The lowest BCUT2D eigenvalue weighted by molar-refractivity contribution is 0.0857. The molecule has 1 fully saturated rings. The quantitative estimate of drug-likeness (QED) is 0.689. The monoisotopic (exact) mass is 395 g/mol. The Morgan fingerprint density at radius 3 is 2.89 bits per heavy atom. The summed E-state index contributed by atoms with van der Waals surface area (Å²) in [4.78, 5) is 25.2. The summed E-state index contributed by atoms with van der Waals surface area (Å²) in [6, 6.07) is 12.9. The fourth-order valence-electron chi connectivity index (χ4n) is 3.24. The van der Waals surface area contributed by atoms with Gasteiger partial charge in [0, 0.05) is 29.8 Å². The Labute approximate surface area is 167 Å². The first-order chi connectivity index (χ1) is 13.6. The zero-order valence-electron chi connectivity index (χ0n) is 15.5. The van der Waals surface area contributed by atoms with Crippen LogP contribution in [0, 0.1) is 6.92 Å². The molecule has 28 heavy (non-hydrogen) atoms. The van der Waals surface area contributed by atoms with Crippen LogP contribution in [-0.2, 0) is 4.74 Å². The Morgan fingerprint density at radius 2 is 2.07 bits per heavy atom. The molecule has 1 aliphatic heterocycles. The van der Waals surface area contributed by atoms with E-state index in [0.29, 0.717) is 23.5 Å². The largest absolute Gasteiger partial charge is 0.376 e. The number of hydrogen-bond donors (Lipinski definition) is 2. The Balaban J connectivity index is 1.49. The van der Waals surface area contributed by atoms with Crippen LogP contribution in [0.15, 0.2) is 42.5 Å². The highest BCUT2D eigenvalue weighted by Crippen LogP contribution is 2.24. The summed E-state index contributed by atoms with van der Waals surface area (Å²) in [7, 11) is 0. The van der Waals surface area contributed by atoms with E-state index in [2.05, 4.69) is 15.0 Å². The van der Waals surface area contributed by atoms with Gasteiger partial charge in [0.15, 0.2) is 0 Å². The molecule has 144 valence electrons. The van der Waals surface area contributed by atoms with Crippen molar-refractivity contribution in [3.05, 3.63) is 59.3 Å². The first-order valence-corrected chi connectivity index (χ1v) is 10.1. The minimum absolute atomic E-state index is 0.0894. The smallest absolute Gasteiger partial charge is 0.276 e. The summed E-state index contributed by atoms with van der Waals surface area (Å²) in [6.45, 7) is 3.15. The number of rotatable bonds is 5. The van der Waals surface area contributed by atoms with Crippen molar-refractivity contribution in [2.75, 3.05) is 18.5 Å². The summed E-state index contributed by atoms with van der Waals surface area (Å²) in [5.41, 5.74) is 2.38. The Kier molecular flexibility index (Phi) is 5.36. The molecular formula is C21H21N3O3S. The van der Waals surface area contributed by atoms with E-state index >= 15 is 0 Å². The SMILES string of the molecule is Cc1ccc(C(=O)NC[C@@H]2CCCO2)cc1NC(=O)c1nsc2ccccc12. The fraction of sp³-hybridized carbons (Fsp3) is 0.286. The maximum atomic E-state index is 12.7.